The zero-order valence-corrected chi connectivity index (χ0v) is 12.0. The number of hydrogen-bond acceptors (Lipinski definition) is 3. The summed E-state index contributed by atoms with van der Waals surface area (Å²) in [6.07, 6.45) is 0.991. The first-order valence-corrected chi connectivity index (χ1v) is 6.85. The van der Waals surface area contributed by atoms with Crippen molar-refractivity contribution < 1.29 is 13.9 Å². The van der Waals surface area contributed by atoms with Crippen LogP contribution in [0, 0.1) is 5.82 Å². The van der Waals surface area contributed by atoms with E-state index in [1.165, 1.54) is 12.1 Å². The second kappa shape index (κ2) is 8.88. The molecule has 108 valence electrons. The molecule has 0 fully saturated rings. The van der Waals surface area contributed by atoms with Gasteiger partial charge in [-0.25, -0.2) is 4.39 Å². The molecule has 0 spiro atoms. The summed E-state index contributed by atoms with van der Waals surface area (Å²) in [4.78, 5) is 0. The highest BCUT2D eigenvalue weighted by Crippen LogP contribution is 2.16. The van der Waals surface area contributed by atoms with Crippen LogP contribution >= 0.6 is 0 Å². The van der Waals surface area contributed by atoms with Crippen molar-refractivity contribution in [2.24, 2.45) is 0 Å². The van der Waals surface area contributed by atoms with E-state index in [0.29, 0.717) is 31.5 Å². The molecule has 0 aliphatic carbocycles. The third-order valence-electron chi connectivity index (χ3n) is 2.49. The molecule has 0 atom stereocenters. The molecule has 3 nitrogen and oxygen atoms in total. The van der Waals surface area contributed by atoms with Gasteiger partial charge in [0.05, 0.1) is 6.61 Å². The van der Waals surface area contributed by atoms with Gasteiger partial charge in [0, 0.05) is 25.3 Å². The van der Waals surface area contributed by atoms with E-state index in [1.807, 2.05) is 6.07 Å². The monoisotopic (exact) mass is 269 g/mol. The van der Waals surface area contributed by atoms with Gasteiger partial charge in [-0.1, -0.05) is 20.8 Å². The minimum absolute atomic E-state index is 0.271. The lowest BCUT2D eigenvalue weighted by molar-refractivity contribution is 0.100. The highest BCUT2D eigenvalue weighted by Gasteiger charge is 2.03. The molecule has 0 saturated carbocycles. The summed E-state index contributed by atoms with van der Waals surface area (Å²) in [5, 5.41) is 3.25. The third-order valence-corrected chi connectivity index (χ3v) is 2.49. The van der Waals surface area contributed by atoms with Crippen LogP contribution in [-0.4, -0.2) is 25.9 Å². The molecule has 4 heteroatoms. The van der Waals surface area contributed by atoms with E-state index in [9.17, 15) is 4.39 Å². The number of hydrogen-bond donors (Lipinski definition) is 1. The van der Waals surface area contributed by atoms with Crippen molar-refractivity contribution in [1.82, 2.24) is 5.32 Å². The molecule has 0 saturated heterocycles. The Kier molecular flexibility index (Phi) is 7.45. The third kappa shape index (κ3) is 7.13. The van der Waals surface area contributed by atoms with Crippen LogP contribution in [-0.2, 0) is 11.3 Å². The van der Waals surface area contributed by atoms with Gasteiger partial charge in [0.25, 0.3) is 0 Å². The Hall–Kier alpha value is -1.13. The van der Waals surface area contributed by atoms with Crippen LogP contribution in [0.2, 0.25) is 0 Å². The van der Waals surface area contributed by atoms with Crippen molar-refractivity contribution >= 4 is 0 Å². The van der Waals surface area contributed by atoms with E-state index in [-0.39, 0.29) is 5.82 Å². The number of rotatable bonds is 9. The zero-order chi connectivity index (χ0) is 14.1. The summed E-state index contributed by atoms with van der Waals surface area (Å²) >= 11 is 0. The first-order chi connectivity index (χ1) is 9.11. The van der Waals surface area contributed by atoms with Crippen molar-refractivity contribution in [3.8, 4) is 5.75 Å². The van der Waals surface area contributed by atoms with Gasteiger partial charge in [-0.3, -0.25) is 0 Å². The summed E-state index contributed by atoms with van der Waals surface area (Å²) in [6.45, 7) is 8.52. The molecule has 0 aliphatic rings. The predicted molar refractivity (Wildman–Crippen MR) is 75.0 cm³/mol. The Labute approximate surface area is 115 Å². The predicted octanol–water partition coefficient (Wildman–Crippen LogP) is 3.13. The number of benzene rings is 1. The fraction of sp³-hybridized carbons (Fsp3) is 0.600. The molecule has 0 bridgehead atoms. The molecule has 1 aromatic rings. The summed E-state index contributed by atoms with van der Waals surface area (Å²) < 4.78 is 24.2. The van der Waals surface area contributed by atoms with Crippen molar-refractivity contribution in [2.45, 2.75) is 39.8 Å². The molecule has 0 aliphatic heterocycles. The molecule has 0 amide bonds. The standard InChI is InChI=1S/C15H24FNO2/c1-4-5-18-6-7-19-15-9-13(8-14(16)10-15)11-17-12(2)3/h8-10,12,17H,4-7,11H2,1-3H3. The highest BCUT2D eigenvalue weighted by molar-refractivity contribution is 5.29. The van der Waals surface area contributed by atoms with Crippen molar-refractivity contribution in [1.29, 1.82) is 0 Å². The smallest absolute Gasteiger partial charge is 0.127 e. The number of nitrogens with one attached hydrogen (secondary N) is 1. The summed E-state index contributed by atoms with van der Waals surface area (Å²) in [6, 6.07) is 5.15. The summed E-state index contributed by atoms with van der Waals surface area (Å²) in [5.74, 6) is 0.285. The Morgan fingerprint density at radius 1 is 1.16 bits per heavy atom. The largest absolute Gasteiger partial charge is 0.491 e. The quantitative estimate of drug-likeness (QED) is 0.699. The molecular weight excluding hydrogens is 245 g/mol. The van der Waals surface area contributed by atoms with Gasteiger partial charge in [0.15, 0.2) is 0 Å². The molecule has 0 heterocycles. The van der Waals surface area contributed by atoms with Gasteiger partial charge >= 0.3 is 0 Å². The normalized spacial score (nSPS) is 11.0. The van der Waals surface area contributed by atoms with Gasteiger partial charge in [-0.2, -0.15) is 0 Å². The topological polar surface area (TPSA) is 30.5 Å². The van der Waals surface area contributed by atoms with Crippen LogP contribution in [0.5, 0.6) is 5.75 Å². The summed E-state index contributed by atoms with van der Waals surface area (Å²) in [5.41, 5.74) is 0.887. The van der Waals surface area contributed by atoms with Crippen LogP contribution in [0.25, 0.3) is 0 Å². The van der Waals surface area contributed by atoms with Crippen LogP contribution in [0.1, 0.15) is 32.8 Å². The van der Waals surface area contributed by atoms with Gasteiger partial charge in [-0.15, -0.1) is 0 Å². The molecular formula is C15H24FNO2. The lowest BCUT2D eigenvalue weighted by Gasteiger charge is -2.11. The molecule has 0 unspecified atom stereocenters. The van der Waals surface area contributed by atoms with Crippen LogP contribution < -0.4 is 10.1 Å². The zero-order valence-electron chi connectivity index (χ0n) is 12.0. The Bertz CT molecular complexity index is 369. The van der Waals surface area contributed by atoms with E-state index in [2.05, 4.69) is 26.1 Å². The Morgan fingerprint density at radius 2 is 1.95 bits per heavy atom. The maximum Gasteiger partial charge on any atom is 0.127 e. The van der Waals surface area contributed by atoms with Crippen molar-refractivity contribution in [3.05, 3.63) is 29.6 Å². The fourth-order valence-electron chi connectivity index (χ4n) is 1.59. The van der Waals surface area contributed by atoms with Crippen LogP contribution in [0.3, 0.4) is 0 Å². The van der Waals surface area contributed by atoms with E-state index in [1.54, 1.807) is 0 Å². The minimum atomic E-state index is -0.271. The van der Waals surface area contributed by atoms with E-state index in [4.69, 9.17) is 9.47 Å². The number of ether oxygens (including phenoxy) is 2. The lowest BCUT2D eigenvalue weighted by atomic mass is 10.2. The first kappa shape index (κ1) is 15.9. The van der Waals surface area contributed by atoms with Gasteiger partial charge in [0.2, 0.25) is 0 Å². The van der Waals surface area contributed by atoms with Crippen LogP contribution in [0.4, 0.5) is 4.39 Å². The average Bonchev–Trinajstić information content (AvgIpc) is 2.35. The SMILES string of the molecule is CCCOCCOc1cc(F)cc(CNC(C)C)c1. The average molecular weight is 269 g/mol. The summed E-state index contributed by atoms with van der Waals surface area (Å²) in [7, 11) is 0. The second-order valence-corrected chi connectivity index (χ2v) is 4.79. The van der Waals surface area contributed by atoms with Gasteiger partial charge < -0.3 is 14.8 Å². The van der Waals surface area contributed by atoms with Crippen molar-refractivity contribution in [2.75, 3.05) is 19.8 Å². The van der Waals surface area contributed by atoms with E-state index in [0.717, 1.165) is 18.6 Å². The molecule has 0 radical (unpaired) electrons. The maximum atomic E-state index is 13.4. The van der Waals surface area contributed by atoms with Crippen molar-refractivity contribution in [3.63, 3.8) is 0 Å². The molecule has 1 aromatic carbocycles. The second-order valence-electron chi connectivity index (χ2n) is 4.79. The molecule has 1 rings (SSSR count). The van der Waals surface area contributed by atoms with E-state index < -0.39 is 0 Å². The number of halogens is 1. The Balaban J connectivity index is 2.44. The van der Waals surface area contributed by atoms with Gasteiger partial charge in [0.1, 0.15) is 18.2 Å². The highest BCUT2D eigenvalue weighted by atomic mass is 19.1. The first-order valence-electron chi connectivity index (χ1n) is 6.85. The minimum Gasteiger partial charge on any atom is -0.491 e. The maximum absolute atomic E-state index is 13.4. The molecule has 0 aromatic heterocycles. The van der Waals surface area contributed by atoms with Gasteiger partial charge in [-0.05, 0) is 24.1 Å². The van der Waals surface area contributed by atoms with E-state index >= 15 is 0 Å². The van der Waals surface area contributed by atoms with Crippen LogP contribution in [0.15, 0.2) is 18.2 Å². The lowest BCUT2D eigenvalue weighted by Crippen LogP contribution is -2.21. The molecule has 19 heavy (non-hydrogen) atoms. The molecule has 1 N–H and O–H groups in total. The Morgan fingerprint density at radius 3 is 2.63 bits per heavy atom. The fourth-order valence-corrected chi connectivity index (χ4v) is 1.59.